The molecule has 1 unspecified atom stereocenters. The van der Waals surface area contributed by atoms with E-state index in [4.69, 9.17) is 18.6 Å². The molecule has 0 aliphatic carbocycles. The van der Waals surface area contributed by atoms with E-state index in [0.29, 0.717) is 10.8 Å². The molecule has 2 atom stereocenters. The van der Waals surface area contributed by atoms with Gasteiger partial charge in [0.05, 0.1) is 0 Å². The van der Waals surface area contributed by atoms with Gasteiger partial charge in [-0.25, -0.2) is 0 Å². The molecule has 7 heteroatoms. The van der Waals surface area contributed by atoms with Gasteiger partial charge in [0.2, 0.25) is 0 Å². The largest absolute Gasteiger partial charge is 0 e. The first-order valence-electron chi connectivity index (χ1n) is 11.4. The van der Waals surface area contributed by atoms with E-state index >= 15 is 0 Å². The topological polar surface area (TPSA) is 79.6 Å². The predicted molar refractivity (Wildman–Crippen MR) is 144 cm³/mol. The molecule has 4 nitrogen and oxygen atoms in total. The second-order valence-electron chi connectivity index (χ2n) is 9.22. The van der Waals surface area contributed by atoms with Crippen molar-refractivity contribution < 1.29 is 35.7 Å². The van der Waals surface area contributed by atoms with E-state index in [0.717, 1.165) is 0 Å². The summed E-state index contributed by atoms with van der Waals surface area (Å²) in [6.07, 6.45) is 2.43. The first-order valence-corrected chi connectivity index (χ1v) is 14.7. The molecule has 0 radical (unpaired) electrons. The van der Waals surface area contributed by atoms with Gasteiger partial charge in [-0.3, -0.25) is 0 Å². The minimum absolute atomic E-state index is 0. The Balaban J connectivity index is 0. The zero-order valence-electron chi connectivity index (χ0n) is 22.1. The maximum absolute atomic E-state index is 7.50. The van der Waals surface area contributed by atoms with Crippen molar-refractivity contribution in [3.8, 4) is 0 Å². The Morgan fingerprint density at radius 2 is 0.784 bits per heavy atom. The fourth-order valence-electron chi connectivity index (χ4n) is 3.97. The average molecular weight is 574 g/mol. The van der Waals surface area contributed by atoms with Gasteiger partial charge >= 0.3 is 45.2 Å². The first kappa shape index (κ1) is 37.4. The van der Waals surface area contributed by atoms with Crippen LogP contribution in [-0.4, -0.2) is 0 Å². The molecular weight excluding hydrogens is 542 g/mol. The van der Waals surface area contributed by atoms with E-state index in [2.05, 4.69) is 129 Å². The number of hydrogen-bond donors (Lipinski definition) is 0. The third-order valence-electron chi connectivity index (χ3n) is 6.54. The van der Waals surface area contributed by atoms with E-state index < -0.39 is 0 Å². The minimum Gasteiger partial charge on any atom is 0 e. The molecule has 194 valence electrons. The Labute approximate surface area is 235 Å². The van der Waals surface area contributed by atoms with Crippen LogP contribution < -0.4 is 0 Å². The van der Waals surface area contributed by atoms with Crippen LogP contribution in [0.1, 0.15) is 65.5 Å². The van der Waals surface area contributed by atoms with Crippen LogP contribution >= 0.6 is 15.2 Å². The van der Waals surface area contributed by atoms with Gasteiger partial charge in [-0.2, -0.15) is 0 Å². The molecule has 0 saturated carbocycles. The van der Waals surface area contributed by atoms with Gasteiger partial charge < -0.3 is 0 Å². The summed E-state index contributed by atoms with van der Waals surface area (Å²) in [5.74, 6) is 0. The summed E-state index contributed by atoms with van der Waals surface area (Å²) in [5, 5.41) is 7.00. The summed E-state index contributed by atoms with van der Waals surface area (Å²) in [6.45, 7) is 32.5. The molecule has 4 rings (SSSR count). The normalized spacial score (nSPS) is 16.8. The molecule has 2 aromatic carbocycles. The van der Waals surface area contributed by atoms with Crippen LogP contribution in [0.5, 0.6) is 0 Å². The molecule has 0 N–H and O–H groups in total. The molecule has 0 fully saturated rings. The van der Waals surface area contributed by atoms with Crippen LogP contribution in [0.4, 0.5) is 0 Å². The van der Waals surface area contributed by atoms with Crippen LogP contribution in [0.3, 0.4) is 0 Å². The van der Waals surface area contributed by atoms with Crippen molar-refractivity contribution in [2.24, 2.45) is 10.8 Å². The zero-order valence-corrected chi connectivity index (χ0v) is 25.0. The number of hydrogen-bond acceptors (Lipinski definition) is 0. The Kier molecular flexibility index (Phi) is 17.9. The van der Waals surface area contributed by atoms with Crippen molar-refractivity contribution in [2.75, 3.05) is 0 Å². The fraction of sp³-hybridized carbons (Fsp3) is 0.333. The Hall–Kier alpha value is -1.74. The van der Waals surface area contributed by atoms with Crippen molar-refractivity contribution in [1.29, 1.82) is 0 Å². The van der Waals surface area contributed by atoms with Gasteiger partial charge in [0.25, 0.3) is 0 Å². The number of rotatable bonds is 7. The van der Waals surface area contributed by atoms with Crippen LogP contribution in [0, 0.1) is 37.4 Å². The van der Waals surface area contributed by atoms with Crippen molar-refractivity contribution in [3.63, 3.8) is 0 Å². The first-order chi connectivity index (χ1) is 17.3. The van der Waals surface area contributed by atoms with Crippen molar-refractivity contribution in [3.05, 3.63) is 109 Å². The summed E-state index contributed by atoms with van der Waals surface area (Å²) in [5.41, 5.74) is 3.57. The van der Waals surface area contributed by atoms with E-state index in [1.807, 2.05) is 0 Å². The maximum Gasteiger partial charge on any atom is 0 e. The van der Waals surface area contributed by atoms with E-state index in [9.17, 15) is 0 Å². The van der Waals surface area contributed by atoms with Gasteiger partial charge in [-0.05, 0) is 71.3 Å². The van der Waals surface area contributed by atoms with Crippen molar-refractivity contribution >= 4 is 25.8 Å². The molecule has 0 bridgehead atoms. The van der Waals surface area contributed by atoms with Gasteiger partial charge in [-0.15, -0.1) is 0 Å². The summed E-state index contributed by atoms with van der Waals surface area (Å²) in [4.78, 5) is 0. The Morgan fingerprint density at radius 3 is 1.00 bits per heavy atom. The summed E-state index contributed by atoms with van der Waals surface area (Å²) in [6, 6.07) is 22.4. The SMILES string of the molecule is CCC(C)(C)C1=C(c2ccccc2)P1[P@@]1C(c2ccccc2)=C1C(C)(C)CC.[C-]#[O+].[C-]#[O+].[C-]#[O+].[C-]#[O+].[Fe]. The fourth-order valence-corrected chi connectivity index (χ4v) is 14.9. The molecule has 2 heterocycles. The minimum atomic E-state index is -0.144. The molecule has 0 saturated heterocycles. The van der Waals surface area contributed by atoms with Gasteiger partial charge in [0, 0.05) is 17.1 Å². The second-order valence-corrected chi connectivity index (χ2v) is 14.7. The molecule has 37 heavy (non-hydrogen) atoms. The van der Waals surface area contributed by atoms with Crippen LogP contribution in [0.2, 0.25) is 0 Å². The van der Waals surface area contributed by atoms with E-state index in [1.54, 1.807) is 21.3 Å². The van der Waals surface area contributed by atoms with E-state index in [1.165, 1.54) is 24.0 Å². The van der Waals surface area contributed by atoms with Gasteiger partial charge in [-0.1, -0.05) is 102 Å². The Bertz CT molecular complexity index is 1020. The molecule has 2 aliphatic heterocycles. The molecule has 0 aromatic heterocycles. The molecule has 0 amide bonds. The zero-order chi connectivity index (χ0) is 28.1. The predicted octanol–water partition coefficient (Wildman–Crippen LogP) is 9.35. The molecule has 0 spiro atoms. The van der Waals surface area contributed by atoms with Crippen LogP contribution in [0.15, 0.2) is 71.3 Å². The van der Waals surface area contributed by atoms with E-state index in [-0.39, 0.29) is 32.3 Å². The third-order valence-corrected chi connectivity index (χ3v) is 14.4. The Morgan fingerprint density at radius 1 is 0.541 bits per heavy atom. The van der Waals surface area contributed by atoms with Gasteiger partial charge in [0.1, 0.15) is 0 Å². The quantitative estimate of drug-likeness (QED) is 0.137. The third kappa shape index (κ3) is 8.63. The summed E-state index contributed by atoms with van der Waals surface area (Å²) in [7, 11) is -0.287. The van der Waals surface area contributed by atoms with Crippen molar-refractivity contribution in [1.82, 2.24) is 0 Å². The standard InChI is InChI=1S/C26H32P2.4CO.Fe/c1-7-25(3,4)23-21(19-15-11-9-12-16-19)27(23)28-22(20-17-13-10-14-18-20)24(28)26(5,6)8-2;4*1-2;/h9-18H,7-8H2,1-6H3;;;;;/t27-,28?;;;;;/m0...../s1. The van der Waals surface area contributed by atoms with Gasteiger partial charge in [0.15, 0.2) is 0 Å². The van der Waals surface area contributed by atoms with Crippen LogP contribution in [0.25, 0.3) is 10.6 Å². The second kappa shape index (κ2) is 17.7. The average Bonchev–Trinajstić information content (AvgIpc) is 3.87. The van der Waals surface area contributed by atoms with Crippen LogP contribution in [-0.2, 0) is 35.7 Å². The maximum atomic E-state index is 7.50. The summed E-state index contributed by atoms with van der Waals surface area (Å²) >= 11 is 0. The van der Waals surface area contributed by atoms with Crippen molar-refractivity contribution in [2.45, 2.75) is 54.4 Å². The number of benzene rings is 2. The molecule has 2 aromatic rings. The monoisotopic (exact) mass is 574 g/mol. The smallest absolute Gasteiger partial charge is 0 e. The number of allylic oxidation sites excluding steroid dienone is 2. The molecular formula is C30H32FeO4P2. The summed E-state index contributed by atoms with van der Waals surface area (Å²) < 4.78 is 30.0. The molecule has 2 aliphatic rings.